The van der Waals surface area contributed by atoms with E-state index in [9.17, 15) is 10.1 Å². The van der Waals surface area contributed by atoms with Crippen LogP contribution in [0.15, 0.2) is 22.7 Å². The van der Waals surface area contributed by atoms with E-state index in [1.54, 1.807) is 6.07 Å². The van der Waals surface area contributed by atoms with Crippen molar-refractivity contribution in [3.8, 4) is 0 Å². The van der Waals surface area contributed by atoms with E-state index in [2.05, 4.69) is 21.2 Å². The maximum atomic E-state index is 11.1. The predicted octanol–water partition coefficient (Wildman–Crippen LogP) is 3.40. The summed E-state index contributed by atoms with van der Waals surface area (Å²) in [6.45, 7) is 0.284. The summed E-state index contributed by atoms with van der Waals surface area (Å²) in [6, 6.07) is 5.43. The van der Waals surface area contributed by atoms with E-state index in [-0.39, 0.29) is 23.3 Å². The Bertz CT molecular complexity index is 481. The van der Waals surface area contributed by atoms with E-state index in [4.69, 9.17) is 4.74 Å². The number of likely N-dealkylation sites (N-methyl/N-ethyl adjacent to an activating group) is 1. The molecular formula is C14H19BrN2O3. The van der Waals surface area contributed by atoms with Crippen LogP contribution in [-0.4, -0.2) is 24.1 Å². The Morgan fingerprint density at radius 3 is 2.90 bits per heavy atom. The highest BCUT2D eigenvalue weighted by Crippen LogP contribution is 2.27. The lowest BCUT2D eigenvalue weighted by molar-refractivity contribution is -0.386. The maximum absolute atomic E-state index is 11.1. The van der Waals surface area contributed by atoms with Crippen LogP contribution in [0.5, 0.6) is 0 Å². The van der Waals surface area contributed by atoms with Crippen molar-refractivity contribution in [3.05, 3.63) is 38.3 Å². The first-order valence-electron chi connectivity index (χ1n) is 6.83. The lowest BCUT2D eigenvalue weighted by atomic mass is 9.92. The third kappa shape index (κ3) is 3.77. The van der Waals surface area contributed by atoms with Gasteiger partial charge >= 0.3 is 0 Å². The molecule has 0 radical (unpaired) electrons. The first kappa shape index (κ1) is 15.4. The summed E-state index contributed by atoms with van der Waals surface area (Å²) in [4.78, 5) is 10.7. The lowest BCUT2D eigenvalue weighted by Gasteiger charge is -2.31. The van der Waals surface area contributed by atoms with E-state index in [1.807, 2.05) is 13.1 Å². The van der Waals surface area contributed by atoms with Gasteiger partial charge in [-0.25, -0.2) is 0 Å². The second-order valence-corrected chi connectivity index (χ2v) is 5.97. The molecule has 0 saturated heterocycles. The molecule has 0 heterocycles. The van der Waals surface area contributed by atoms with E-state index in [0.29, 0.717) is 16.1 Å². The van der Waals surface area contributed by atoms with Gasteiger partial charge in [-0.3, -0.25) is 10.1 Å². The highest BCUT2D eigenvalue weighted by molar-refractivity contribution is 9.10. The molecule has 0 aromatic heterocycles. The first-order valence-corrected chi connectivity index (χ1v) is 7.63. The fourth-order valence-corrected chi connectivity index (χ4v) is 3.00. The predicted molar refractivity (Wildman–Crippen MR) is 80.7 cm³/mol. The van der Waals surface area contributed by atoms with E-state index in [0.717, 1.165) is 19.3 Å². The molecule has 6 heteroatoms. The second-order valence-electron chi connectivity index (χ2n) is 5.06. The summed E-state index contributed by atoms with van der Waals surface area (Å²) >= 11 is 3.26. The Labute approximate surface area is 127 Å². The molecule has 2 unspecified atom stereocenters. The molecule has 0 amide bonds. The van der Waals surface area contributed by atoms with Gasteiger partial charge in [-0.1, -0.05) is 28.8 Å². The summed E-state index contributed by atoms with van der Waals surface area (Å²) in [6.07, 6.45) is 4.62. The largest absolute Gasteiger partial charge is 0.372 e. The summed E-state index contributed by atoms with van der Waals surface area (Å²) in [5.74, 6) is 0. The van der Waals surface area contributed by atoms with Crippen LogP contribution in [0.3, 0.4) is 0 Å². The Morgan fingerprint density at radius 2 is 2.20 bits per heavy atom. The van der Waals surface area contributed by atoms with E-state index >= 15 is 0 Å². The number of ether oxygens (including phenoxy) is 1. The molecule has 2 atom stereocenters. The van der Waals surface area contributed by atoms with Gasteiger partial charge in [0.05, 0.1) is 23.2 Å². The van der Waals surface area contributed by atoms with Gasteiger partial charge in [0.25, 0.3) is 5.69 Å². The second kappa shape index (κ2) is 7.15. The highest BCUT2D eigenvalue weighted by Gasteiger charge is 2.25. The first-order chi connectivity index (χ1) is 9.61. The number of nitro groups is 1. The molecule has 1 aliphatic rings. The molecule has 1 saturated carbocycles. The standard InChI is InChI=1S/C14H19BrN2O3/c1-16-12-4-2-3-5-14(12)20-9-10-6-7-11(15)8-13(10)17(18)19/h6-8,12,14,16H,2-5,9H2,1H3. The molecule has 110 valence electrons. The average Bonchev–Trinajstić information content (AvgIpc) is 2.46. The number of nitrogens with one attached hydrogen (secondary N) is 1. The van der Waals surface area contributed by atoms with E-state index in [1.165, 1.54) is 12.5 Å². The maximum Gasteiger partial charge on any atom is 0.276 e. The number of benzene rings is 1. The summed E-state index contributed by atoms with van der Waals surface area (Å²) in [5.41, 5.74) is 0.731. The molecule has 1 aromatic carbocycles. The SMILES string of the molecule is CNC1CCCCC1OCc1ccc(Br)cc1[N+](=O)[O-]. The molecule has 1 fully saturated rings. The Kier molecular flexibility index (Phi) is 5.51. The van der Waals surface area contributed by atoms with Gasteiger partial charge in [0.2, 0.25) is 0 Å². The number of nitro benzene ring substituents is 1. The Hall–Kier alpha value is -0.980. The molecular weight excluding hydrogens is 324 g/mol. The molecule has 1 aliphatic carbocycles. The minimum absolute atomic E-state index is 0.108. The highest BCUT2D eigenvalue weighted by atomic mass is 79.9. The van der Waals surface area contributed by atoms with Crippen LogP contribution < -0.4 is 5.32 Å². The van der Waals surface area contributed by atoms with Gasteiger partial charge in [0.1, 0.15) is 0 Å². The summed E-state index contributed by atoms with van der Waals surface area (Å²) < 4.78 is 6.63. The zero-order valence-electron chi connectivity index (χ0n) is 11.5. The van der Waals surface area contributed by atoms with Crippen LogP contribution >= 0.6 is 15.9 Å². The normalized spacial score (nSPS) is 22.7. The van der Waals surface area contributed by atoms with Crippen molar-refractivity contribution in [1.82, 2.24) is 5.32 Å². The fraction of sp³-hybridized carbons (Fsp3) is 0.571. The smallest absolute Gasteiger partial charge is 0.276 e. The molecule has 2 rings (SSSR count). The number of hydrogen-bond donors (Lipinski definition) is 1. The van der Waals surface area contributed by atoms with Crippen molar-refractivity contribution in [3.63, 3.8) is 0 Å². The minimum Gasteiger partial charge on any atom is -0.372 e. The van der Waals surface area contributed by atoms with Crippen LogP contribution in [0, 0.1) is 10.1 Å². The molecule has 5 nitrogen and oxygen atoms in total. The van der Waals surface area contributed by atoms with Crippen LogP contribution in [0.2, 0.25) is 0 Å². The lowest BCUT2D eigenvalue weighted by Crippen LogP contribution is -2.41. The topological polar surface area (TPSA) is 64.4 Å². The quantitative estimate of drug-likeness (QED) is 0.657. The number of hydrogen-bond acceptors (Lipinski definition) is 4. The minimum atomic E-state index is -0.361. The van der Waals surface area contributed by atoms with Crippen molar-refractivity contribution >= 4 is 21.6 Å². The van der Waals surface area contributed by atoms with Gasteiger partial charge in [0, 0.05) is 16.6 Å². The van der Waals surface area contributed by atoms with E-state index < -0.39 is 0 Å². The summed E-state index contributed by atoms with van der Waals surface area (Å²) in [7, 11) is 1.94. The average molecular weight is 343 g/mol. The Morgan fingerprint density at radius 1 is 1.45 bits per heavy atom. The van der Waals surface area contributed by atoms with Gasteiger partial charge in [-0.15, -0.1) is 0 Å². The molecule has 0 bridgehead atoms. The zero-order valence-corrected chi connectivity index (χ0v) is 13.1. The van der Waals surface area contributed by atoms with Crippen molar-refractivity contribution in [1.29, 1.82) is 0 Å². The summed E-state index contributed by atoms with van der Waals surface area (Å²) in [5, 5.41) is 14.3. The van der Waals surface area contributed by atoms with Crippen molar-refractivity contribution in [2.75, 3.05) is 7.05 Å². The van der Waals surface area contributed by atoms with Gasteiger partial charge in [0.15, 0.2) is 0 Å². The molecule has 20 heavy (non-hydrogen) atoms. The molecule has 1 aromatic rings. The van der Waals surface area contributed by atoms with Crippen LogP contribution in [-0.2, 0) is 11.3 Å². The molecule has 1 N–H and O–H groups in total. The van der Waals surface area contributed by atoms with Crippen molar-refractivity contribution < 1.29 is 9.66 Å². The van der Waals surface area contributed by atoms with Crippen molar-refractivity contribution in [2.45, 2.75) is 44.4 Å². The number of halogens is 1. The Balaban J connectivity index is 2.04. The van der Waals surface area contributed by atoms with Crippen molar-refractivity contribution in [2.24, 2.45) is 0 Å². The number of nitrogens with zero attached hydrogens (tertiary/aromatic N) is 1. The number of rotatable bonds is 5. The molecule has 0 spiro atoms. The zero-order chi connectivity index (χ0) is 14.5. The third-order valence-corrected chi connectivity index (χ3v) is 4.26. The van der Waals surface area contributed by atoms with Gasteiger partial charge < -0.3 is 10.1 Å². The fourth-order valence-electron chi connectivity index (χ4n) is 2.65. The van der Waals surface area contributed by atoms with Crippen LogP contribution in [0.4, 0.5) is 5.69 Å². The van der Waals surface area contributed by atoms with Crippen LogP contribution in [0.25, 0.3) is 0 Å². The van der Waals surface area contributed by atoms with Gasteiger partial charge in [-0.05, 0) is 32.0 Å². The van der Waals surface area contributed by atoms with Gasteiger partial charge in [-0.2, -0.15) is 0 Å². The van der Waals surface area contributed by atoms with Crippen LogP contribution in [0.1, 0.15) is 31.2 Å². The monoisotopic (exact) mass is 342 g/mol. The third-order valence-electron chi connectivity index (χ3n) is 3.77. The molecule has 0 aliphatic heterocycles.